The van der Waals surface area contributed by atoms with Crippen LogP contribution in [0.2, 0.25) is 5.02 Å². The van der Waals surface area contributed by atoms with Crippen molar-refractivity contribution in [2.24, 2.45) is 0 Å². The Morgan fingerprint density at radius 2 is 1.88 bits per heavy atom. The van der Waals surface area contributed by atoms with Crippen molar-refractivity contribution in [2.75, 3.05) is 7.11 Å². The van der Waals surface area contributed by atoms with Crippen LogP contribution < -0.4 is 11.0 Å². The Morgan fingerprint density at radius 1 is 1.15 bits per heavy atom. The molecule has 0 aliphatic carbocycles. The average Bonchev–Trinajstić information content (AvgIpc) is 2.74. The summed E-state index contributed by atoms with van der Waals surface area (Å²) in [4.78, 5) is 34.9. The molecule has 174 valence electrons. The number of nitrogens with zero attached hydrogens (tertiary/aromatic N) is 2. The molecule has 33 heavy (non-hydrogen) atoms. The summed E-state index contributed by atoms with van der Waals surface area (Å²) in [5.41, 5.74) is 2.84. The molecular formula is C22H20ClF3N4O3. The van der Waals surface area contributed by atoms with Gasteiger partial charge in [0.15, 0.2) is 5.82 Å². The number of aryl methyl sites for hydroxylation is 2. The maximum Gasteiger partial charge on any atom is 0.423 e. The standard InChI is InChI=1S/C22H20ClF3N4O3/c1-11-4-6-14(8-12(11)2)18-28-19(30-21(32)29-18)15-9-13(5-7-16(15)23)10-27-20(31)17(33-3)22(24,25)26/h4-9,17H,10H2,1-3H3,(H,27,31)(H,28,29,30,32). The van der Waals surface area contributed by atoms with Crippen LogP contribution in [0.15, 0.2) is 41.2 Å². The van der Waals surface area contributed by atoms with Crippen LogP contribution in [0.25, 0.3) is 22.8 Å². The van der Waals surface area contributed by atoms with Gasteiger partial charge in [0.1, 0.15) is 5.82 Å². The molecule has 1 unspecified atom stereocenters. The number of methoxy groups -OCH3 is 1. The van der Waals surface area contributed by atoms with Crippen LogP contribution in [0.3, 0.4) is 0 Å². The van der Waals surface area contributed by atoms with Crippen molar-refractivity contribution in [3.8, 4) is 22.8 Å². The van der Waals surface area contributed by atoms with E-state index in [2.05, 4.69) is 25.0 Å². The van der Waals surface area contributed by atoms with Crippen molar-refractivity contribution < 1.29 is 22.7 Å². The summed E-state index contributed by atoms with van der Waals surface area (Å²) in [7, 11) is 0.802. The number of amides is 1. The van der Waals surface area contributed by atoms with Crippen molar-refractivity contribution >= 4 is 17.5 Å². The second-order valence-corrected chi connectivity index (χ2v) is 7.72. The predicted octanol–water partition coefficient (Wildman–Crippen LogP) is 3.96. The number of hydrogen-bond donors (Lipinski definition) is 2. The molecule has 1 atom stereocenters. The second kappa shape index (κ2) is 9.72. The highest BCUT2D eigenvalue weighted by molar-refractivity contribution is 6.33. The highest BCUT2D eigenvalue weighted by atomic mass is 35.5. The van der Waals surface area contributed by atoms with Crippen molar-refractivity contribution in [1.82, 2.24) is 20.3 Å². The van der Waals surface area contributed by atoms with Crippen LogP contribution in [0.4, 0.5) is 13.2 Å². The highest BCUT2D eigenvalue weighted by Gasteiger charge is 2.45. The zero-order valence-electron chi connectivity index (χ0n) is 17.9. The lowest BCUT2D eigenvalue weighted by Gasteiger charge is -2.18. The first-order valence-electron chi connectivity index (χ1n) is 9.71. The first-order valence-corrected chi connectivity index (χ1v) is 10.1. The number of halogens is 4. The van der Waals surface area contributed by atoms with Crippen molar-refractivity contribution in [2.45, 2.75) is 32.7 Å². The van der Waals surface area contributed by atoms with Crippen LogP contribution in [0, 0.1) is 13.8 Å². The third-order valence-corrected chi connectivity index (χ3v) is 5.27. The topological polar surface area (TPSA) is 97.0 Å². The molecule has 3 aromatic rings. The number of aromatic nitrogens is 3. The largest absolute Gasteiger partial charge is 0.423 e. The van der Waals surface area contributed by atoms with Crippen LogP contribution in [0.1, 0.15) is 16.7 Å². The molecule has 11 heteroatoms. The average molecular weight is 481 g/mol. The number of carbonyl (C=O) groups is 1. The normalized spacial score (nSPS) is 12.5. The molecule has 1 amide bonds. The van der Waals surface area contributed by atoms with Gasteiger partial charge in [-0.3, -0.25) is 9.78 Å². The minimum atomic E-state index is -4.84. The van der Waals surface area contributed by atoms with Crippen LogP contribution in [-0.2, 0) is 16.1 Å². The van der Waals surface area contributed by atoms with Crippen LogP contribution >= 0.6 is 11.6 Å². The number of hydrogen-bond acceptors (Lipinski definition) is 5. The molecule has 0 radical (unpaired) electrons. The molecule has 0 saturated heterocycles. The van der Waals surface area contributed by atoms with E-state index in [1.807, 2.05) is 26.0 Å². The van der Waals surface area contributed by atoms with E-state index >= 15 is 0 Å². The zero-order valence-corrected chi connectivity index (χ0v) is 18.6. The Morgan fingerprint density at radius 3 is 2.52 bits per heavy atom. The van der Waals surface area contributed by atoms with Crippen molar-refractivity contribution in [3.63, 3.8) is 0 Å². The van der Waals surface area contributed by atoms with E-state index in [9.17, 15) is 22.8 Å². The summed E-state index contributed by atoms with van der Waals surface area (Å²) in [5, 5.41) is 2.43. The first kappa shape index (κ1) is 24.4. The van der Waals surface area contributed by atoms with Gasteiger partial charge in [0.25, 0.3) is 5.91 Å². The molecule has 7 nitrogen and oxygen atoms in total. The van der Waals surface area contributed by atoms with Gasteiger partial charge >= 0.3 is 11.9 Å². The quantitative estimate of drug-likeness (QED) is 0.556. The Hall–Kier alpha value is -3.24. The van der Waals surface area contributed by atoms with E-state index in [-0.39, 0.29) is 23.2 Å². The van der Waals surface area contributed by atoms with Gasteiger partial charge in [-0.1, -0.05) is 29.8 Å². The molecule has 0 bridgehead atoms. The molecule has 0 spiro atoms. The predicted molar refractivity (Wildman–Crippen MR) is 117 cm³/mol. The first-order chi connectivity index (χ1) is 15.5. The number of aromatic amines is 1. The summed E-state index contributed by atoms with van der Waals surface area (Å²) in [5.74, 6) is -1.000. The smallest absolute Gasteiger partial charge is 0.363 e. The fourth-order valence-electron chi connectivity index (χ4n) is 3.06. The summed E-state index contributed by atoms with van der Waals surface area (Å²) in [6.45, 7) is 3.66. The Bertz CT molecular complexity index is 1240. The summed E-state index contributed by atoms with van der Waals surface area (Å²) in [6, 6.07) is 10.1. The van der Waals surface area contributed by atoms with Gasteiger partial charge in [-0.15, -0.1) is 0 Å². The number of rotatable bonds is 6. The van der Waals surface area contributed by atoms with E-state index in [0.29, 0.717) is 16.7 Å². The van der Waals surface area contributed by atoms with Gasteiger partial charge in [-0.2, -0.15) is 18.2 Å². The molecule has 2 N–H and O–H groups in total. The van der Waals surface area contributed by atoms with Crippen LogP contribution in [-0.4, -0.2) is 40.2 Å². The number of alkyl halides is 3. The number of carbonyl (C=O) groups excluding carboxylic acids is 1. The molecule has 0 fully saturated rings. The minimum Gasteiger partial charge on any atom is -0.363 e. The molecule has 0 aliphatic heterocycles. The summed E-state index contributed by atoms with van der Waals surface area (Å²) < 4.78 is 42.8. The second-order valence-electron chi connectivity index (χ2n) is 7.31. The number of ether oxygens (including phenoxy) is 1. The Kier molecular flexibility index (Phi) is 7.19. The lowest BCUT2D eigenvalue weighted by molar-refractivity contribution is -0.212. The lowest BCUT2D eigenvalue weighted by Crippen LogP contribution is -2.45. The fourth-order valence-corrected chi connectivity index (χ4v) is 3.26. The van der Waals surface area contributed by atoms with Gasteiger partial charge in [0, 0.05) is 24.8 Å². The third-order valence-electron chi connectivity index (χ3n) is 4.94. The molecule has 0 aliphatic rings. The zero-order chi connectivity index (χ0) is 24.3. The summed E-state index contributed by atoms with van der Waals surface area (Å²) >= 11 is 6.28. The number of nitrogens with one attached hydrogen (secondary N) is 2. The molecule has 1 heterocycles. The maximum atomic E-state index is 12.8. The van der Waals surface area contributed by atoms with Crippen LogP contribution in [0.5, 0.6) is 0 Å². The van der Waals surface area contributed by atoms with E-state index in [1.54, 1.807) is 6.07 Å². The number of benzene rings is 2. The minimum absolute atomic E-state index is 0.131. The van der Waals surface area contributed by atoms with Gasteiger partial charge < -0.3 is 10.1 Å². The van der Waals surface area contributed by atoms with Gasteiger partial charge in [0.2, 0.25) is 6.10 Å². The Labute approximate surface area is 192 Å². The van der Waals surface area contributed by atoms with Gasteiger partial charge in [-0.05, 0) is 48.7 Å². The van der Waals surface area contributed by atoms with E-state index in [0.717, 1.165) is 18.2 Å². The third kappa shape index (κ3) is 5.77. The lowest BCUT2D eigenvalue weighted by atomic mass is 10.1. The summed E-state index contributed by atoms with van der Waals surface area (Å²) in [6.07, 6.45) is -7.42. The molecule has 0 saturated carbocycles. The fraction of sp³-hybridized carbons (Fsp3) is 0.273. The van der Waals surface area contributed by atoms with Crippen molar-refractivity contribution in [1.29, 1.82) is 0 Å². The monoisotopic (exact) mass is 480 g/mol. The van der Waals surface area contributed by atoms with E-state index in [1.165, 1.54) is 18.2 Å². The molecule has 1 aromatic heterocycles. The van der Waals surface area contributed by atoms with Gasteiger partial charge in [0.05, 0.1) is 5.02 Å². The molecular weight excluding hydrogens is 461 g/mol. The van der Waals surface area contributed by atoms with Crippen molar-refractivity contribution in [3.05, 3.63) is 68.6 Å². The SMILES string of the molecule is COC(C(=O)NCc1ccc(Cl)c(-c2nc(-c3ccc(C)c(C)c3)nc(=O)[nH]2)c1)C(F)(F)F. The Balaban J connectivity index is 1.91. The number of H-pyrrole nitrogens is 1. The maximum absolute atomic E-state index is 12.8. The van der Waals surface area contributed by atoms with Gasteiger partial charge in [-0.25, -0.2) is 9.78 Å². The highest BCUT2D eigenvalue weighted by Crippen LogP contribution is 2.28. The molecule has 3 rings (SSSR count). The van der Waals surface area contributed by atoms with E-state index in [4.69, 9.17) is 11.6 Å². The molecule has 2 aromatic carbocycles. The van der Waals surface area contributed by atoms with E-state index < -0.39 is 23.9 Å².